The van der Waals surface area contributed by atoms with Crippen LogP contribution in [0.3, 0.4) is 0 Å². The molecule has 166 valence electrons. The molecule has 0 bridgehead atoms. The van der Waals surface area contributed by atoms with Crippen LogP contribution in [0.1, 0.15) is 34.3 Å². The molecule has 5 heteroatoms. The van der Waals surface area contributed by atoms with Crippen LogP contribution in [0.25, 0.3) is 6.08 Å². The minimum Gasteiger partial charge on any atom is -0.494 e. The summed E-state index contributed by atoms with van der Waals surface area (Å²) in [5, 5.41) is 21.0. The smallest absolute Gasteiger partial charge is 0.185 e. The molecule has 3 aromatic carbocycles. The minimum atomic E-state index is -1.45. The molecule has 0 amide bonds. The highest BCUT2D eigenvalue weighted by Gasteiger charge is 2.63. The molecule has 34 heavy (non-hydrogen) atoms. The third-order valence-corrected chi connectivity index (χ3v) is 6.79. The van der Waals surface area contributed by atoms with Gasteiger partial charge in [0.15, 0.2) is 11.2 Å². The lowest BCUT2D eigenvalue weighted by atomic mass is 9.69. The Hall–Kier alpha value is -4.35. The summed E-state index contributed by atoms with van der Waals surface area (Å²) in [6.45, 7) is 2.45. The van der Waals surface area contributed by atoms with Gasteiger partial charge >= 0.3 is 0 Å². The van der Waals surface area contributed by atoms with Gasteiger partial charge in [0.05, 0.1) is 24.8 Å². The number of nitriles is 2. The highest BCUT2D eigenvalue weighted by molar-refractivity contribution is 6.04. The van der Waals surface area contributed by atoms with E-state index in [1.54, 1.807) is 12.1 Å². The van der Waals surface area contributed by atoms with Crippen LogP contribution in [-0.2, 0) is 0 Å². The van der Waals surface area contributed by atoms with E-state index in [0.717, 1.165) is 16.8 Å². The molecule has 1 fully saturated rings. The van der Waals surface area contributed by atoms with E-state index < -0.39 is 23.4 Å². The summed E-state index contributed by atoms with van der Waals surface area (Å²) >= 11 is 0. The largest absolute Gasteiger partial charge is 0.494 e. The first kappa shape index (κ1) is 21.5. The van der Waals surface area contributed by atoms with Crippen molar-refractivity contribution < 1.29 is 9.53 Å². The number of hydrogen-bond acceptors (Lipinski definition) is 5. The minimum absolute atomic E-state index is 0.109. The van der Waals surface area contributed by atoms with Crippen molar-refractivity contribution in [2.24, 2.45) is 5.41 Å². The number of carbonyl (C=O) groups excluding carboxylic acids is 1. The van der Waals surface area contributed by atoms with Gasteiger partial charge < -0.3 is 9.64 Å². The zero-order chi connectivity index (χ0) is 23.7. The van der Waals surface area contributed by atoms with Gasteiger partial charge in [-0.2, -0.15) is 10.5 Å². The lowest BCUT2D eigenvalue weighted by Gasteiger charge is -2.35. The molecule has 2 heterocycles. The van der Waals surface area contributed by atoms with Crippen molar-refractivity contribution in [3.05, 3.63) is 102 Å². The first-order chi connectivity index (χ1) is 16.6. The molecule has 5 rings (SSSR count). The number of rotatable bonds is 5. The summed E-state index contributed by atoms with van der Waals surface area (Å²) in [5.41, 5.74) is 1.68. The molecule has 0 saturated carbocycles. The van der Waals surface area contributed by atoms with Crippen LogP contribution in [-0.4, -0.2) is 24.5 Å². The summed E-state index contributed by atoms with van der Waals surface area (Å²) in [6, 6.07) is 27.7. The topological polar surface area (TPSA) is 77.1 Å². The maximum Gasteiger partial charge on any atom is 0.185 e. The second-order valence-corrected chi connectivity index (χ2v) is 8.52. The van der Waals surface area contributed by atoms with Gasteiger partial charge in [0, 0.05) is 17.2 Å². The van der Waals surface area contributed by atoms with Crippen molar-refractivity contribution in [1.29, 1.82) is 10.5 Å². The number of fused-ring (bicyclic) bond motifs is 3. The van der Waals surface area contributed by atoms with Crippen LogP contribution in [0.2, 0.25) is 0 Å². The number of para-hydroxylation sites is 1. The fourth-order valence-corrected chi connectivity index (χ4v) is 5.32. The van der Waals surface area contributed by atoms with Crippen molar-refractivity contribution >= 4 is 17.5 Å². The van der Waals surface area contributed by atoms with Gasteiger partial charge in [-0.3, -0.25) is 4.79 Å². The third kappa shape index (κ3) is 3.17. The lowest BCUT2D eigenvalue weighted by molar-refractivity contribution is 0.0951. The number of Topliss-reactive ketones (excluding diaryl/α,β-unsaturated/α-hetero) is 1. The molecule has 1 saturated heterocycles. The molecule has 3 atom stereocenters. The predicted octanol–water partition coefficient (Wildman–Crippen LogP) is 5.37. The van der Waals surface area contributed by atoms with Crippen LogP contribution < -0.4 is 9.64 Å². The van der Waals surface area contributed by atoms with Gasteiger partial charge in [-0.1, -0.05) is 72.8 Å². The zero-order valence-corrected chi connectivity index (χ0v) is 18.8. The van der Waals surface area contributed by atoms with Crippen LogP contribution >= 0.6 is 0 Å². The standard InChI is InChI=1S/C29H23N3O2/c1-2-34-23-15-12-21(13-16-23)26-27(28(33)22-9-4-3-5-10-22)32-24-11-7-6-8-20(24)14-17-25(32)29(26,18-30)19-31/h3-17,25-27H,2H2,1H3/t25-,26+,27+/m1/s1. The SMILES string of the molecule is CCOc1ccc([C@H]2[C@@H](C(=O)c3ccccc3)N3c4ccccc4C=C[C@@H]3C2(C#N)C#N)cc1. The Morgan fingerprint density at radius 3 is 2.32 bits per heavy atom. The Morgan fingerprint density at radius 1 is 0.971 bits per heavy atom. The summed E-state index contributed by atoms with van der Waals surface area (Å²) < 4.78 is 5.59. The average molecular weight is 446 g/mol. The van der Waals surface area contributed by atoms with Gasteiger partial charge in [-0.15, -0.1) is 0 Å². The molecule has 3 aromatic rings. The predicted molar refractivity (Wildman–Crippen MR) is 130 cm³/mol. The Labute approximate surface area is 199 Å². The number of hydrogen-bond donors (Lipinski definition) is 0. The van der Waals surface area contributed by atoms with E-state index in [2.05, 4.69) is 12.1 Å². The molecule has 5 nitrogen and oxygen atoms in total. The average Bonchev–Trinajstić information content (AvgIpc) is 3.20. The van der Waals surface area contributed by atoms with E-state index in [4.69, 9.17) is 4.74 Å². The van der Waals surface area contributed by atoms with Crippen LogP contribution in [0.15, 0.2) is 84.9 Å². The summed E-state index contributed by atoms with van der Waals surface area (Å²) in [7, 11) is 0. The molecule has 0 unspecified atom stereocenters. The van der Waals surface area contributed by atoms with Gasteiger partial charge in [-0.05, 0) is 36.2 Å². The van der Waals surface area contributed by atoms with Crippen molar-refractivity contribution in [3.63, 3.8) is 0 Å². The fourth-order valence-electron chi connectivity index (χ4n) is 5.32. The Kier molecular flexibility index (Phi) is 5.40. The summed E-state index contributed by atoms with van der Waals surface area (Å²) in [6.07, 6.45) is 3.85. The van der Waals surface area contributed by atoms with E-state index in [1.807, 2.05) is 90.7 Å². The van der Waals surface area contributed by atoms with Gasteiger partial charge in [0.2, 0.25) is 0 Å². The quantitative estimate of drug-likeness (QED) is 0.494. The molecular weight excluding hydrogens is 422 g/mol. The highest BCUT2D eigenvalue weighted by atomic mass is 16.5. The van der Waals surface area contributed by atoms with Crippen molar-refractivity contribution in [2.75, 3.05) is 11.5 Å². The molecule has 0 aromatic heterocycles. The van der Waals surface area contributed by atoms with Gasteiger partial charge in [0.25, 0.3) is 0 Å². The Morgan fingerprint density at radius 2 is 1.65 bits per heavy atom. The molecule has 2 aliphatic heterocycles. The molecule has 0 aliphatic carbocycles. The molecule has 0 spiro atoms. The monoisotopic (exact) mass is 445 g/mol. The third-order valence-electron chi connectivity index (χ3n) is 6.79. The van der Waals surface area contributed by atoms with Gasteiger partial charge in [0.1, 0.15) is 11.8 Å². The normalized spacial score (nSPS) is 21.6. The highest BCUT2D eigenvalue weighted by Crippen LogP contribution is 2.55. The maximum absolute atomic E-state index is 14.1. The summed E-state index contributed by atoms with van der Waals surface area (Å²) in [5.74, 6) is -0.0636. The molecular formula is C29H23N3O2. The van der Waals surface area contributed by atoms with E-state index >= 15 is 0 Å². The Bertz CT molecular complexity index is 1320. The number of ketones is 1. The van der Waals surface area contributed by atoms with E-state index in [0.29, 0.717) is 17.9 Å². The number of nitrogens with zero attached hydrogens (tertiary/aromatic N) is 3. The maximum atomic E-state index is 14.1. The van der Waals surface area contributed by atoms with Crippen molar-refractivity contribution in [2.45, 2.75) is 24.9 Å². The Balaban J connectivity index is 1.74. The second kappa shape index (κ2) is 8.54. The van der Waals surface area contributed by atoms with Crippen LogP contribution in [0.4, 0.5) is 5.69 Å². The molecule has 0 N–H and O–H groups in total. The molecule has 2 aliphatic rings. The van der Waals surface area contributed by atoms with E-state index in [1.165, 1.54) is 0 Å². The lowest BCUT2D eigenvalue weighted by Crippen LogP contribution is -2.44. The van der Waals surface area contributed by atoms with Crippen molar-refractivity contribution in [3.8, 4) is 17.9 Å². The first-order valence-electron chi connectivity index (χ1n) is 11.3. The number of ether oxygens (including phenoxy) is 1. The zero-order valence-electron chi connectivity index (χ0n) is 18.8. The van der Waals surface area contributed by atoms with E-state index in [-0.39, 0.29) is 5.78 Å². The van der Waals surface area contributed by atoms with Crippen LogP contribution in [0, 0.1) is 28.1 Å². The summed E-state index contributed by atoms with van der Waals surface area (Å²) in [4.78, 5) is 16.1. The fraction of sp³-hybridized carbons (Fsp3) is 0.207. The second-order valence-electron chi connectivity index (χ2n) is 8.52. The van der Waals surface area contributed by atoms with E-state index in [9.17, 15) is 15.3 Å². The first-order valence-corrected chi connectivity index (χ1v) is 11.3. The molecule has 0 radical (unpaired) electrons. The van der Waals surface area contributed by atoms with Gasteiger partial charge in [-0.25, -0.2) is 0 Å². The number of anilines is 1. The number of carbonyl (C=O) groups is 1. The van der Waals surface area contributed by atoms with Crippen LogP contribution in [0.5, 0.6) is 5.75 Å². The number of benzene rings is 3. The van der Waals surface area contributed by atoms with Crippen molar-refractivity contribution in [1.82, 2.24) is 0 Å².